The summed E-state index contributed by atoms with van der Waals surface area (Å²) in [6.07, 6.45) is 1.58. The van der Waals surface area contributed by atoms with Crippen molar-refractivity contribution < 1.29 is 9.53 Å². The standard InChI is InChI=1S/C15H22N2O2/c1-17-10-14(6-7-15(17)18)16-9-12-4-3-5-13(8-12)11-19-2/h3-5,8,14,16H,6-7,9-11H2,1-2H3. The molecule has 1 heterocycles. The molecule has 1 N–H and O–H groups in total. The molecule has 4 heteroatoms. The zero-order valence-corrected chi connectivity index (χ0v) is 11.7. The lowest BCUT2D eigenvalue weighted by Crippen LogP contribution is -2.46. The summed E-state index contributed by atoms with van der Waals surface area (Å²) in [6.45, 7) is 2.29. The van der Waals surface area contributed by atoms with Crippen LogP contribution in [0.1, 0.15) is 24.0 Å². The average Bonchev–Trinajstić information content (AvgIpc) is 2.41. The molecule has 1 unspecified atom stereocenters. The fourth-order valence-corrected chi connectivity index (χ4v) is 2.44. The van der Waals surface area contributed by atoms with E-state index < -0.39 is 0 Å². The van der Waals surface area contributed by atoms with Crippen LogP contribution in [-0.4, -0.2) is 37.6 Å². The summed E-state index contributed by atoms with van der Waals surface area (Å²) in [7, 11) is 3.58. The zero-order valence-electron chi connectivity index (χ0n) is 11.7. The monoisotopic (exact) mass is 262 g/mol. The number of piperidine rings is 1. The second-order valence-corrected chi connectivity index (χ2v) is 5.14. The van der Waals surface area contributed by atoms with E-state index in [0.717, 1.165) is 19.5 Å². The van der Waals surface area contributed by atoms with E-state index >= 15 is 0 Å². The molecule has 0 saturated carbocycles. The van der Waals surface area contributed by atoms with Gasteiger partial charge >= 0.3 is 0 Å². The van der Waals surface area contributed by atoms with E-state index in [9.17, 15) is 4.79 Å². The number of benzene rings is 1. The van der Waals surface area contributed by atoms with Gasteiger partial charge in [-0.15, -0.1) is 0 Å². The summed E-state index contributed by atoms with van der Waals surface area (Å²) in [5.74, 6) is 0.250. The molecule has 1 atom stereocenters. The number of methoxy groups -OCH3 is 1. The molecule has 2 rings (SSSR count). The summed E-state index contributed by atoms with van der Waals surface area (Å²) in [6, 6.07) is 8.80. The molecule has 104 valence electrons. The lowest BCUT2D eigenvalue weighted by Gasteiger charge is -2.30. The number of carbonyl (C=O) groups is 1. The Morgan fingerprint density at radius 1 is 1.42 bits per heavy atom. The van der Waals surface area contributed by atoms with Gasteiger partial charge in [0.15, 0.2) is 0 Å². The Hall–Kier alpha value is -1.39. The number of amides is 1. The first-order chi connectivity index (χ1) is 9.19. The molecule has 4 nitrogen and oxygen atoms in total. The van der Waals surface area contributed by atoms with Crippen molar-refractivity contribution >= 4 is 5.91 Å². The molecule has 1 saturated heterocycles. The van der Waals surface area contributed by atoms with Crippen molar-refractivity contribution in [2.75, 3.05) is 20.7 Å². The van der Waals surface area contributed by atoms with Crippen LogP contribution >= 0.6 is 0 Å². The van der Waals surface area contributed by atoms with Crippen molar-refractivity contribution in [2.24, 2.45) is 0 Å². The van der Waals surface area contributed by atoms with Crippen LogP contribution in [0.4, 0.5) is 0 Å². The van der Waals surface area contributed by atoms with Gasteiger partial charge in [-0.05, 0) is 17.5 Å². The second-order valence-electron chi connectivity index (χ2n) is 5.14. The Balaban J connectivity index is 1.85. The largest absolute Gasteiger partial charge is 0.380 e. The summed E-state index contributed by atoms with van der Waals surface area (Å²) in [4.78, 5) is 13.2. The van der Waals surface area contributed by atoms with E-state index in [1.807, 2.05) is 11.9 Å². The maximum absolute atomic E-state index is 11.4. The molecule has 0 aromatic heterocycles. The number of hydrogen-bond acceptors (Lipinski definition) is 3. The fourth-order valence-electron chi connectivity index (χ4n) is 2.44. The highest BCUT2D eigenvalue weighted by molar-refractivity contribution is 5.76. The van der Waals surface area contributed by atoms with Crippen molar-refractivity contribution in [1.29, 1.82) is 0 Å². The molecule has 0 aliphatic carbocycles. The molecular formula is C15H22N2O2. The Labute approximate surface area is 114 Å². The molecule has 1 aromatic rings. The van der Waals surface area contributed by atoms with E-state index in [2.05, 4.69) is 29.6 Å². The molecule has 1 aliphatic rings. The molecule has 1 aliphatic heterocycles. The number of hydrogen-bond donors (Lipinski definition) is 1. The van der Waals surface area contributed by atoms with Gasteiger partial charge in [0, 0.05) is 39.7 Å². The second kappa shape index (κ2) is 6.68. The van der Waals surface area contributed by atoms with Gasteiger partial charge in [0.25, 0.3) is 0 Å². The number of nitrogens with one attached hydrogen (secondary N) is 1. The first kappa shape index (κ1) is 14.0. The lowest BCUT2D eigenvalue weighted by atomic mass is 10.0. The molecule has 0 spiro atoms. The average molecular weight is 262 g/mol. The zero-order chi connectivity index (χ0) is 13.7. The third-order valence-corrected chi connectivity index (χ3v) is 3.52. The molecular weight excluding hydrogens is 240 g/mol. The first-order valence-electron chi connectivity index (χ1n) is 6.73. The summed E-state index contributed by atoms with van der Waals surface area (Å²) in [5.41, 5.74) is 2.45. The highest BCUT2D eigenvalue weighted by Gasteiger charge is 2.21. The van der Waals surface area contributed by atoms with Crippen LogP contribution in [-0.2, 0) is 22.7 Å². The smallest absolute Gasteiger partial charge is 0.222 e. The maximum Gasteiger partial charge on any atom is 0.222 e. The van der Waals surface area contributed by atoms with E-state index in [0.29, 0.717) is 19.1 Å². The Morgan fingerprint density at radius 2 is 2.21 bits per heavy atom. The van der Waals surface area contributed by atoms with Crippen LogP contribution in [0, 0.1) is 0 Å². The van der Waals surface area contributed by atoms with Crippen LogP contribution in [0.25, 0.3) is 0 Å². The summed E-state index contributed by atoms with van der Waals surface area (Å²) in [5, 5.41) is 3.52. The quantitative estimate of drug-likeness (QED) is 0.875. The number of ether oxygens (including phenoxy) is 1. The lowest BCUT2D eigenvalue weighted by molar-refractivity contribution is -0.132. The SMILES string of the molecule is COCc1cccc(CNC2CCC(=O)N(C)C2)c1. The van der Waals surface area contributed by atoms with Crippen LogP contribution in [0.15, 0.2) is 24.3 Å². The van der Waals surface area contributed by atoms with E-state index in [1.54, 1.807) is 7.11 Å². The summed E-state index contributed by atoms with van der Waals surface area (Å²) >= 11 is 0. The Bertz CT molecular complexity index is 434. The van der Waals surface area contributed by atoms with Crippen molar-refractivity contribution in [1.82, 2.24) is 10.2 Å². The third kappa shape index (κ3) is 4.04. The molecule has 19 heavy (non-hydrogen) atoms. The first-order valence-corrected chi connectivity index (χ1v) is 6.73. The molecule has 1 fully saturated rings. The number of rotatable bonds is 5. The summed E-state index contributed by atoms with van der Waals surface area (Å²) < 4.78 is 5.14. The van der Waals surface area contributed by atoms with Crippen LogP contribution in [0.5, 0.6) is 0 Å². The third-order valence-electron chi connectivity index (χ3n) is 3.52. The Kier molecular flexibility index (Phi) is 4.93. The van der Waals surface area contributed by atoms with Crippen LogP contribution in [0.3, 0.4) is 0 Å². The molecule has 0 radical (unpaired) electrons. The molecule has 0 bridgehead atoms. The maximum atomic E-state index is 11.4. The van der Waals surface area contributed by atoms with Crippen LogP contribution in [0.2, 0.25) is 0 Å². The van der Waals surface area contributed by atoms with Crippen molar-refractivity contribution in [3.05, 3.63) is 35.4 Å². The molecule has 1 aromatic carbocycles. The fraction of sp³-hybridized carbons (Fsp3) is 0.533. The van der Waals surface area contributed by atoms with Gasteiger partial charge in [-0.1, -0.05) is 24.3 Å². The minimum Gasteiger partial charge on any atom is -0.380 e. The van der Waals surface area contributed by atoms with E-state index in [1.165, 1.54) is 11.1 Å². The highest BCUT2D eigenvalue weighted by Crippen LogP contribution is 2.11. The number of carbonyl (C=O) groups excluding carboxylic acids is 1. The van der Waals surface area contributed by atoms with Crippen molar-refractivity contribution in [3.63, 3.8) is 0 Å². The predicted molar refractivity (Wildman–Crippen MR) is 74.7 cm³/mol. The predicted octanol–water partition coefficient (Wildman–Crippen LogP) is 1.54. The minimum atomic E-state index is 0.250. The van der Waals surface area contributed by atoms with Gasteiger partial charge in [-0.2, -0.15) is 0 Å². The molecule has 1 amide bonds. The Morgan fingerprint density at radius 3 is 2.95 bits per heavy atom. The van der Waals surface area contributed by atoms with Gasteiger partial charge in [0.2, 0.25) is 5.91 Å². The number of likely N-dealkylation sites (tertiary alicyclic amines) is 1. The van der Waals surface area contributed by atoms with Gasteiger partial charge < -0.3 is 15.0 Å². The van der Waals surface area contributed by atoms with E-state index in [4.69, 9.17) is 4.74 Å². The van der Waals surface area contributed by atoms with Gasteiger partial charge in [-0.25, -0.2) is 0 Å². The van der Waals surface area contributed by atoms with Gasteiger partial charge in [-0.3, -0.25) is 4.79 Å². The van der Waals surface area contributed by atoms with Gasteiger partial charge in [0.1, 0.15) is 0 Å². The minimum absolute atomic E-state index is 0.250. The van der Waals surface area contributed by atoms with Crippen molar-refractivity contribution in [2.45, 2.75) is 32.0 Å². The number of nitrogens with zero attached hydrogens (tertiary/aromatic N) is 1. The van der Waals surface area contributed by atoms with Gasteiger partial charge in [0.05, 0.1) is 6.61 Å². The highest BCUT2D eigenvalue weighted by atomic mass is 16.5. The van der Waals surface area contributed by atoms with Crippen molar-refractivity contribution in [3.8, 4) is 0 Å². The van der Waals surface area contributed by atoms with E-state index in [-0.39, 0.29) is 5.91 Å². The van der Waals surface area contributed by atoms with Crippen LogP contribution < -0.4 is 5.32 Å². The topological polar surface area (TPSA) is 41.6 Å². The normalized spacial score (nSPS) is 19.8. The number of likely N-dealkylation sites (N-methyl/N-ethyl adjacent to an activating group) is 1.